The minimum absolute atomic E-state index is 0.0144. The highest BCUT2D eigenvalue weighted by atomic mass is 35.5. The zero-order valence-corrected chi connectivity index (χ0v) is 20.2. The van der Waals surface area contributed by atoms with E-state index in [1.165, 1.54) is 18.3 Å². The van der Waals surface area contributed by atoms with E-state index in [0.717, 1.165) is 37.8 Å². The van der Waals surface area contributed by atoms with Gasteiger partial charge in [0, 0.05) is 49.9 Å². The van der Waals surface area contributed by atoms with Crippen molar-refractivity contribution in [1.82, 2.24) is 20.3 Å². The van der Waals surface area contributed by atoms with Crippen molar-refractivity contribution in [1.29, 1.82) is 0 Å². The largest absolute Gasteiger partial charge is 0.419 e. The van der Waals surface area contributed by atoms with Crippen molar-refractivity contribution in [2.45, 2.75) is 24.9 Å². The molecule has 190 valence electrons. The summed E-state index contributed by atoms with van der Waals surface area (Å²) in [7, 11) is 0. The number of alkyl halides is 3. The third-order valence-corrected chi connectivity index (χ3v) is 6.93. The van der Waals surface area contributed by atoms with E-state index in [2.05, 4.69) is 10.3 Å². The predicted octanol–water partition coefficient (Wildman–Crippen LogP) is 5.14. The molecule has 36 heavy (non-hydrogen) atoms. The molecule has 2 aliphatic rings. The molecule has 0 saturated carbocycles. The van der Waals surface area contributed by atoms with Gasteiger partial charge in [0.25, 0.3) is 0 Å². The minimum Gasteiger partial charge on any atom is -0.353 e. The Hall–Kier alpha value is -2.98. The summed E-state index contributed by atoms with van der Waals surface area (Å²) in [4.78, 5) is 17.4. The molecular weight excluding hydrogens is 496 g/mol. The fourth-order valence-corrected chi connectivity index (χ4v) is 4.88. The zero-order chi connectivity index (χ0) is 25.3. The molecule has 5 rings (SSSR count). The lowest BCUT2D eigenvalue weighted by Gasteiger charge is -2.37. The summed E-state index contributed by atoms with van der Waals surface area (Å²) in [6.45, 7) is 3.43. The Morgan fingerprint density at radius 2 is 1.67 bits per heavy atom. The summed E-state index contributed by atoms with van der Waals surface area (Å²) in [6, 6.07) is 8.70. The smallest absolute Gasteiger partial charge is 0.353 e. The van der Waals surface area contributed by atoms with Gasteiger partial charge in [-0.3, -0.25) is 0 Å². The maximum Gasteiger partial charge on any atom is 0.419 e. The van der Waals surface area contributed by atoms with Crippen molar-refractivity contribution in [3.05, 3.63) is 64.8 Å². The van der Waals surface area contributed by atoms with Crippen LogP contribution in [0.2, 0.25) is 5.02 Å². The van der Waals surface area contributed by atoms with Gasteiger partial charge in [0.2, 0.25) is 0 Å². The van der Waals surface area contributed by atoms with E-state index < -0.39 is 17.6 Å². The van der Waals surface area contributed by atoms with E-state index in [1.807, 2.05) is 11.0 Å². The van der Waals surface area contributed by atoms with Crippen molar-refractivity contribution in [2.75, 3.05) is 49.1 Å². The van der Waals surface area contributed by atoms with Gasteiger partial charge in [0.05, 0.1) is 16.3 Å². The van der Waals surface area contributed by atoms with Crippen LogP contribution in [0.4, 0.5) is 29.2 Å². The van der Waals surface area contributed by atoms with Crippen LogP contribution in [0.3, 0.4) is 0 Å². The molecule has 2 aliphatic heterocycles. The van der Waals surface area contributed by atoms with Gasteiger partial charge in [0.15, 0.2) is 0 Å². The van der Waals surface area contributed by atoms with Crippen LogP contribution in [-0.4, -0.2) is 54.2 Å². The van der Waals surface area contributed by atoms with Gasteiger partial charge in [-0.2, -0.15) is 13.2 Å². The number of hydrogen-bond acceptors (Lipinski definition) is 6. The zero-order valence-electron chi connectivity index (χ0n) is 19.4. The predicted molar refractivity (Wildman–Crippen MR) is 131 cm³/mol. The van der Waals surface area contributed by atoms with Crippen molar-refractivity contribution in [3.8, 4) is 11.3 Å². The molecule has 2 saturated heterocycles. The fourth-order valence-electron chi connectivity index (χ4n) is 4.70. The number of aromatic nitrogens is 3. The van der Waals surface area contributed by atoms with Gasteiger partial charge in [-0.05, 0) is 56.3 Å². The molecule has 0 unspecified atom stereocenters. The van der Waals surface area contributed by atoms with Gasteiger partial charge >= 0.3 is 6.18 Å². The van der Waals surface area contributed by atoms with Crippen molar-refractivity contribution >= 4 is 23.2 Å². The van der Waals surface area contributed by atoms with Crippen LogP contribution in [0.15, 0.2) is 42.6 Å². The standard InChI is InChI=1S/C25H25ClF4N6/c26-19-14-17(3-4-20(19)27)21-15-22(34-23(33-21)16-5-8-31-9-6-16)35-10-12-36(13-11-35)24-18(25(28,29)30)2-1-7-32-24/h1-4,7,14-16,31H,5-6,8-13H2. The number of nitrogens with zero attached hydrogens (tertiary/aromatic N) is 5. The summed E-state index contributed by atoms with van der Waals surface area (Å²) in [5, 5.41) is 3.36. The molecule has 0 aliphatic carbocycles. The van der Waals surface area contributed by atoms with Crippen LogP contribution in [0.1, 0.15) is 30.1 Å². The molecule has 0 amide bonds. The number of hydrogen-bond donors (Lipinski definition) is 1. The summed E-state index contributed by atoms with van der Waals surface area (Å²) >= 11 is 6.03. The fraction of sp³-hybridized carbons (Fsp3) is 0.400. The Morgan fingerprint density at radius 3 is 2.36 bits per heavy atom. The normalized spacial score (nSPS) is 17.5. The van der Waals surface area contributed by atoms with Crippen LogP contribution in [-0.2, 0) is 6.18 Å². The lowest BCUT2D eigenvalue weighted by atomic mass is 9.97. The first-order valence-corrected chi connectivity index (χ1v) is 12.2. The van der Waals surface area contributed by atoms with Crippen molar-refractivity contribution in [2.24, 2.45) is 0 Å². The van der Waals surface area contributed by atoms with E-state index in [0.29, 0.717) is 43.3 Å². The molecule has 1 aromatic carbocycles. The number of halogens is 5. The summed E-state index contributed by atoms with van der Waals surface area (Å²) in [5.74, 6) is 1.05. The molecular formula is C25H25ClF4N6. The molecule has 6 nitrogen and oxygen atoms in total. The maximum absolute atomic E-state index is 13.8. The second kappa shape index (κ2) is 10.2. The van der Waals surface area contributed by atoms with Gasteiger partial charge in [-0.15, -0.1) is 0 Å². The Morgan fingerprint density at radius 1 is 0.944 bits per heavy atom. The highest BCUT2D eigenvalue weighted by molar-refractivity contribution is 6.31. The molecule has 0 bridgehead atoms. The summed E-state index contributed by atoms with van der Waals surface area (Å²) in [5.41, 5.74) is 0.591. The molecule has 2 fully saturated rings. The number of rotatable bonds is 4. The number of anilines is 2. The van der Waals surface area contributed by atoms with Crippen LogP contribution in [0.25, 0.3) is 11.3 Å². The van der Waals surface area contributed by atoms with Crippen LogP contribution in [0.5, 0.6) is 0 Å². The maximum atomic E-state index is 13.8. The lowest BCUT2D eigenvalue weighted by molar-refractivity contribution is -0.137. The molecule has 3 aromatic rings. The van der Waals surface area contributed by atoms with Crippen molar-refractivity contribution < 1.29 is 17.6 Å². The number of nitrogens with one attached hydrogen (secondary N) is 1. The highest BCUT2D eigenvalue weighted by Crippen LogP contribution is 2.36. The molecule has 0 atom stereocenters. The molecule has 1 N–H and O–H groups in total. The van der Waals surface area contributed by atoms with Crippen LogP contribution < -0.4 is 15.1 Å². The molecule has 0 spiro atoms. The number of piperidine rings is 1. The first-order valence-electron chi connectivity index (χ1n) is 11.9. The first kappa shape index (κ1) is 24.7. The van der Waals surface area contributed by atoms with Crippen molar-refractivity contribution in [3.63, 3.8) is 0 Å². The topological polar surface area (TPSA) is 57.2 Å². The van der Waals surface area contributed by atoms with Crippen LogP contribution in [0, 0.1) is 5.82 Å². The number of benzene rings is 1. The summed E-state index contributed by atoms with van der Waals surface area (Å²) < 4.78 is 54.3. The van der Waals surface area contributed by atoms with E-state index in [1.54, 1.807) is 17.0 Å². The van der Waals surface area contributed by atoms with E-state index >= 15 is 0 Å². The van der Waals surface area contributed by atoms with Gasteiger partial charge in [-0.1, -0.05) is 11.6 Å². The second-order valence-electron chi connectivity index (χ2n) is 8.97. The van der Waals surface area contributed by atoms with E-state index in [-0.39, 0.29) is 16.8 Å². The quantitative estimate of drug-likeness (QED) is 0.481. The van der Waals surface area contributed by atoms with Gasteiger partial charge in [0.1, 0.15) is 23.3 Å². The highest BCUT2D eigenvalue weighted by Gasteiger charge is 2.36. The van der Waals surface area contributed by atoms with E-state index in [4.69, 9.17) is 21.6 Å². The Labute approximate surface area is 211 Å². The summed E-state index contributed by atoms with van der Waals surface area (Å²) in [6.07, 6.45) is -1.28. The first-order chi connectivity index (χ1) is 17.3. The van der Waals surface area contributed by atoms with Gasteiger partial charge in [-0.25, -0.2) is 19.3 Å². The SMILES string of the molecule is Fc1ccc(-c2cc(N3CCN(c4ncccc4C(F)(F)F)CC3)nc(C3CCNCC3)n2)cc1Cl. The Bertz CT molecular complexity index is 1220. The Kier molecular flexibility index (Phi) is 6.98. The molecule has 2 aromatic heterocycles. The molecule has 11 heteroatoms. The second-order valence-corrected chi connectivity index (χ2v) is 9.38. The Balaban J connectivity index is 1.43. The third-order valence-electron chi connectivity index (χ3n) is 6.64. The monoisotopic (exact) mass is 520 g/mol. The molecule has 0 radical (unpaired) electrons. The molecule has 4 heterocycles. The average molecular weight is 521 g/mol. The average Bonchev–Trinajstić information content (AvgIpc) is 2.90. The van der Waals surface area contributed by atoms with Gasteiger partial charge < -0.3 is 15.1 Å². The van der Waals surface area contributed by atoms with E-state index in [9.17, 15) is 17.6 Å². The number of piperazine rings is 1. The lowest BCUT2D eigenvalue weighted by Crippen LogP contribution is -2.47. The number of pyridine rings is 1. The third kappa shape index (κ3) is 5.24. The minimum atomic E-state index is -4.47. The van der Waals surface area contributed by atoms with Crippen LogP contribution >= 0.6 is 11.6 Å².